The summed E-state index contributed by atoms with van der Waals surface area (Å²) in [5, 5.41) is 3.01. The van der Waals surface area contributed by atoms with Crippen LogP contribution >= 0.6 is 0 Å². The number of alkyl halides is 3. The molecule has 3 aliphatic heterocycles. The fourth-order valence-corrected chi connectivity index (χ4v) is 4.06. The average Bonchev–Trinajstić information content (AvgIpc) is 2.69. The Morgan fingerprint density at radius 1 is 1.10 bits per heavy atom. The van der Waals surface area contributed by atoms with Crippen molar-refractivity contribution in [3.63, 3.8) is 0 Å². The standard InChI is InChI=1S/C20H20F3N3O3/c21-20(22,23)29-17-4-2-1-3-16(17)26-11-14(5-6-18(26)27)19(28)24-15-12-25-9-7-13(15)8-10-25/h1-6,11,13,15H,7-10,12H2,(H,24,28). The summed E-state index contributed by atoms with van der Waals surface area (Å²) < 4.78 is 43.1. The molecule has 2 aromatic rings. The Hall–Kier alpha value is -2.81. The van der Waals surface area contributed by atoms with Gasteiger partial charge >= 0.3 is 6.36 Å². The van der Waals surface area contributed by atoms with Gasteiger partial charge in [0.2, 0.25) is 0 Å². The normalized spacial score (nSPS) is 23.6. The molecule has 4 heterocycles. The van der Waals surface area contributed by atoms with Crippen molar-refractivity contribution in [1.29, 1.82) is 0 Å². The molecule has 3 aliphatic rings. The molecule has 29 heavy (non-hydrogen) atoms. The molecule has 0 aliphatic carbocycles. The number of para-hydroxylation sites is 2. The SMILES string of the molecule is O=C(NC1CN2CCC1CC2)c1ccc(=O)n(-c2ccccc2OC(F)(F)F)c1. The number of fused-ring (bicyclic) bond motifs is 3. The summed E-state index contributed by atoms with van der Waals surface area (Å²) >= 11 is 0. The van der Waals surface area contributed by atoms with E-state index in [0.717, 1.165) is 49.2 Å². The lowest BCUT2D eigenvalue weighted by molar-refractivity contribution is -0.274. The van der Waals surface area contributed by atoms with Crippen molar-refractivity contribution in [2.24, 2.45) is 5.92 Å². The Kier molecular flexibility index (Phi) is 5.08. The second-order valence-corrected chi connectivity index (χ2v) is 7.36. The third-order valence-corrected chi connectivity index (χ3v) is 5.50. The summed E-state index contributed by atoms with van der Waals surface area (Å²) in [6.45, 7) is 2.87. The van der Waals surface area contributed by atoms with Gasteiger partial charge in [0.1, 0.15) is 0 Å². The molecule has 0 saturated carbocycles. The number of piperidine rings is 3. The first-order valence-corrected chi connectivity index (χ1v) is 9.41. The topological polar surface area (TPSA) is 63.6 Å². The molecule has 2 bridgehead atoms. The van der Waals surface area contributed by atoms with Crippen LogP contribution in [0.3, 0.4) is 0 Å². The van der Waals surface area contributed by atoms with Crippen molar-refractivity contribution < 1.29 is 22.7 Å². The highest BCUT2D eigenvalue weighted by molar-refractivity contribution is 5.94. The number of nitrogens with one attached hydrogen (secondary N) is 1. The van der Waals surface area contributed by atoms with E-state index in [1.807, 2.05) is 0 Å². The van der Waals surface area contributed by atoms with Crippen molar-refractivity contribution in [3.05, 3.63) is 58.5 Å². The Morgan fingerprint density at radius 2 is 1.83 bits per heavy atom. The van der Waals surface area contributed by atoms with E-state index < -0.39 is 17.7 Å². The highest BCUT2D eigenvalue weighted by Gasteiger charge is 2.35. The number of carbonyl (C=O) groups is 1. The number of amides is 1. The Bertz CT molecular complexity index is 965. The van der Waals surface area contributed by atoms with E-state index in [4.69, 9.17) is 0 Å². The van der Waals surface area contributed by atoms with Crippen molar-refractivity contribution in [2.75, 3.05) is 19.6 Å². The first-order chi connectivity index (χ1) is 13.8. The van der Waals surface area contributed by atoms with Crippen LogP contribution in [0.1, 0.15) is 23.2 Å². The van der Waals surface area contributed by atoms with Crippen LogP contribution in [0.2, 0.25) is 0 Å². The highest BCUT2D eigenvalue weighted by Crippen LogP contribution is 2.29. The highest BCUT2D eigenvalue weighted by atomic mass is 19.4. The minimum absolute atomic E-state index is 0.0335. The lowest BCUT2D eigenvalue weighted by Crippen LogP contribution is -2.57. The number of rotatable bonds is 4. The van der Waals surface area contributed by atoms with E-state index in [1.165, 1.54) is 30.5 Å². The molecule has 5 rings (SSSR count). The molecule has 1 aromatic carbocycles. The number of hydrogen-bond donors (Lipinski definition) is 1. The minimum atomic E-state index is -4.90. The van der Waals surface area contributed by atoms with E-state index in [1.54, 1.807) is 0 Å². The maximum atomic E-state index is 12.7. The van der Waals surface area contributed by atoms with Gasteiger partial charge in [-0.15, -0.1) is 13.2 Å². The van der Waals surface area contributed by atoms with Gasteiger partial charge in [-0.2, -0.15) is 0 Å². The maximum absolute atomic E-state index is 12.7. The van der Waals surface area contributed by atoms with Crippen molar-refractivity contribution >= 4 is 5.91 Å². The molecule has 6 nitrogen and oxygen atoms in total. The van der Waals surface area contributed by atoms with Gasteiger partial charge in [-0.05, 0) is 50.0 Å². The van der Waals surface area contributed by atoms with Crippen LogP contribution in [0.5, 0.6) is 5.75 Å². The predicted octanol–water partition coefficient (Wildman–Crippen LogP) is 2.56. The second kappa shape index (κ2) is 7.55. The zero-order valence-electron chi connectivity index (χ0n) is 15.5. The maximum Gasteiger partial charge on any atom is 0.573 e. The quantitative estimate of drug-likeness (QED) is 0.846. The van der Waals surface area contributed by atoms with E-state index >= 15 is 0 Å². The summed E-state index contributed by atoms with van der Waals surface area (Å²) in [6, 6.07) is 7.89. The van der Waals surface area contributed by atoms with Crippen LogP contribution < -0.4 is 15.6 Å². The van der Waals surface area contributed by atoms with Gasteiger partial charge in [0.15, 0.2) is 5.75 Å². The third-order valence-electron chi connectivity index (χ3n) is 5.50. The monoisotopic (exact) mass is 407 g/mol. The smallest absolute Gasteiger partial charge is 0.404 e. The molecule has 0 radical (unpaired) electrons. The Morgan fingerprint density at radius 3 is 2.48 bits per heavy atom. The molecule has 1 N–H and O–H groups in total. The molecule has 1 atom stereocenters. The van der Waals surface area contributed by atoms with Crippen molar-refractivity contribution in [1.82, 2.24) is 14.8 Å². The van der Waals surface area contributed by atoms with Gasteiger partial charge in [0.25, 0.3) is 11.5 Å². The number of carbonyl (C=O) groups excluding carboxylic acids is 1. The molecule has 3 fully saturated rings. The third kappa shape index (κ3) is 4.29. The second-order valence-electron chi connectivity index (χ2n) is 7.36. The first-order valence-electron chi connectivity index (χ1n) is 9.41. The fourth-order valence-electron chi connectivity index (χ4n) is 4.06. The Labute approximate surface area is 164 Å². The van der Waals surface area contributed by atoms with Gasteiger partial charge in [0.05, 0.1) is 11.3 Å². The molecule has 154 valence electrons. The molecular weight excluding hydrogens is 387 g/mol. The van der Waals surface area contributed by atoms with Gasteiger partial charge in [0, 0.05) is 24.8 Å². The van der Waals surface area contributed by atoms with E-state index in [2.05, 4.69) is 15.0 Å². The Balaban J connectivity index is 1.60. The number of hydrogen-bond acceptors (Lipinski definition) is 4. The van der Waals surface area contributed by atoms with Crippen LogP contribution in [0.15, 0.2) is 47.4 Å². The zero-order chi connectivity index (χ0) is 20.6. The minimum Gasteiger partial charge on any atom is -0.404 e. The molecular formula is C20H20F3N3O3. The first kappa shape index (κ1) is 19.5. The summed E-state index contributed by atoms with van der Waals surface area (Å²) in [4.78, 5) is 27.3. The number of benzene rings is 1. The van der Waals surface area contributed by atoms with Crippen molar-refractivity contribution in [2.45, 2.75) is 25.2 Å². The molecule has 9 heteroatoms. The molecule has 1 unspecified atom stereocenters. The largest absolute Gasteiger partial charge is 0.573 e. The lowest BCUT2D eigenvalue weighted by Gasteiger charge is -2.44. The van der Waals surface area contributed by atoms with E-state index in [9.17, 15) is 22.8 Å². The summed E-state index contributed by atoms with van der Waals surface area (Å²) in [6.07, 6.45) is -1.58. The van der Waals surface area contributed by atoms with Gasteiger partial charge in [-0.25, -0.2) is 0 Å². The number of ether oxygens (including phenoxy) is 1. The van der Waals surface area contributed by atoms with Crippen LogP contribution in [-0.4, -0.2) is 47.4 Å². The molecule has 0 spiro atoms. The molecule has 3 saturated heterocycles. The average molecular weight is 407 g/mol. The zero-order valence-corrected chi connectivity index (χ0v) is 15.5. The number of nitrogens with zero attached hydrogens (tertiary/aromatic N) is 2. The predicted molar refractivity (Wildman–Crippen MR) is 99.1 cm³/mol. The lowest BCUT2D eigenvalue weighted by atomic mass is 9.84. The molecule has 1 aromatic heterocycles. The van der Waals surface area contributed by atoms with Gasteiger partial charge in [-0.3, -0.25) is 14.2 Å². The van der Waals surface area contributed by atoms with Crippen LogP contribution in [0.25, 0.3) is 5.69 Å². The summed E-state index contributed by atoms with van der Waals surface area (Å²) in [7, 11) is 0. The fraction of sp³-hybridized carbons (Fsp3) is 0.400. The number of halogens is 3. The summed E-state index contributed by atoms with van der Waals surface area (Å²) in [5.41, 5.74) is -0.460. The van der Waals surface area contributed by atoms with Crippen LogP contribution in [-0.2, 0) is 0 Å². The number of aromatic nitrogens is 1. The van der Waals surface area contributed by atoms with Crippen LogP contribution in [0.4, 0.5) is 13.2 Å². The summed E-state index contributed by atoms with van der Waals surface area (Å²) in [5.74, 6) is -0.445. The van der Waals surface area contributed by atoms with Gasteiger partial charge in [-0.1, -0.05) is 12.1 Å². The molecule has 1 amide bonds. The van der Waals surface area contributed by atoms with E-state index in [-0.39, 0.29) is 23.2 Å². The van der Waals surface area contributed by atoms with E-state index in [0.29, 0.717) is 5.92 Å². The van der Waals surface area contributed by atoms with Crippen LogP contribution in [0, 0.1) is 5.92 Å². The van der Waals surface area contributed by atoms with Crippen molar-refractivity contribution in [3.8, 4) is 11.4 Å². The van der Waals surface area contributed by atoms with Gasteiger partial charge < -0.3 is 15.0 Å². The number of pyridine rings is 1.